The Kier molecular flexibility index (Phi) is 11.2. The van der Waals surface area contributed by atoms with E-state index in [4.69, 9.17) is 4.84 Å². The molecule has 0 amide bonds. The van der Waals surface area contributed by atoms with Crippen molar-refractivity contribution in [3.8, 4) is 0 Å². The van der Waals surface area contributed by atoms with Gasteiger partial charge in [0.1, 0.15) is 0 Å². The van der Waals surface area contributed by atoms with E-state index >= 15 is 0 Å². The van der Waals surface area contributed by atoms with Gasteiger partial charge in [-0.3, -0.25) is 0 Å². The van der Waals surface area contributed by atoms with Crippen molar-refractivity contribution in [2.45, 2.75) is 124 Å². The summed E-state index contributed by atoms with van der Waals surface area (Å²) < 4.78 is 6.27. The van der Waals surface area contributed by atoms with Crippen molar-refractivity contribution >= 4 is 24.3 Å². The van der Waals surface area contributed by atoms with Crippen LogP contribution in [0.5, 0.6) is 0 Å². The first-order chi connectivity index (χ1) is 19.8. The summed E-state index contributed by atoms with van der Waals surface area (Å²) in [6, 6.07) is 20.5. The number of hydrogen-bond donors (Lipinski definition) is 1. The Morgan fingerprint density at radius 2 is 1.29 bits per heavy atom. The van der Waals surface area contributed by atoms with Crippen LogP contribution >= 0.6 is 0 Å². The van der Waals surface area contributed by atoms with Gasteiger partial charge in [-0.25, -0.2) is 0 Å². The third-order valence-corrected chi connectivity index (χ3v) is 26.8. The van der Waals surface area contributed by atoms with Crippen molar-refractivity contribution in [2.24, 2.45) is 10.8 Å². The number of hydrogen-bond acceptors (Lipinski definition) is 3. The molecule has 0 radical (unpaired) electrons. The predicted octanol–water partition coefficient (Wildman–Crippen LogP) is 10.5. The average molecular weight is 665 g/mol. The molecule has 224 valence electrons. The fourth-order valence-corrected chi connectivity index (χ4v) is 27.9. The second-order valence-electron chi connectivity index (χ2n) is 13.5. The van der Waals surface area contributed by atoms with E-state index in [1.807, 2.05) is 33.9 Å². The first kappa shape index (κ1) is 32.3. The van der Waals surface area contributed by atoms with Crippen molar-refractivity contribution < 1.29 is 9.63 Å². The minimum atomic E-state index is -2.87. The molecule has 41 heavy (non-hydrogen) atoms. The topological polar surface area (TPSA) is 38.3 Å². The Labute approximate surface area is 254 Å². The predicted molar refractivity (Wildman–Crippen MR) is 175 cm³/mol. The van der Waals surface area contributed by atoms with Gasteiger partial charge < -0.3 is 0 Å². The number of carbonyl (C=O) groups excluding carboxylic acids is 1. The standard InChI is InChI=1S/C25H28NO2.3C4H9.Sn/c1-23(2)18-19-24(16-10-5-11-17-24)25(23,21-14-8-4-9-15-21)26-28-22(27)20-12-6-3-7-13-20;3*1-3-4-2;/h3-4,6-9,12-15,18,26H,5,10-11,16-17H2,1-2H3;3*1,3-4H2,2H3;. The zero-order valence-electron chi connectivity index (χ0n) is 26.6. The number of benzene rings is 2. The second kappa shape index (κ2) is 14.3. The molecule has 0 aromatic heterocycles. The molecule has 1 unspecified atom stereocenters. The molecule has 4 rings (SSSR count). The molecule has 1 fully saturated rings. The van der Waals surface area contributed by atoms with Crippen molar-refractivity contribution in [3.05, 3.63) is 81.5 Å². The van der Waals surface area contributed by atoms with Crippen molar-refractivity contribution in [1.82, 2.24) is 5.48 Å². The summed E-state index contributed by atoms with van der Waals surface area (Å²) in [7, 11) is 0. The number of unbranched alkanes of at least 4 members (excludes halogenated alkanes) is 3. The molecule has 0 saturated heterocycles. The van der Waals surface area contributed by atoms with Gasteiger partial charge in [-0.1, -0.05) is 0 Å². The Morgan fingerprint density at radius 3 is 1.80 bits per heavy atom. The van der Waals surface area contributed by atoms with Gasteiger partial charge in [0.25, 0.3) is 0 Å². The van der Waals surface area contributed by atoms with Gasteiger partial charge in [0, 0.05) is 0 Å². The fourth-order valence-electron chi connectivity index (χ4n) is 8.59. The van der Waals surface area contributed by atoms with Crippen molar-refractivity contribution in [3.63, 3.8) is 0 Å². The Morgan fingerprint density at radius 1 is 0.780 bits per heavy atom. The Hall–Kier alpha value is -1.59. The summed E-state index contributed by atoms with van der Waals surface area (Å²) >= 11 is -2.87. The first-order valence-electron chi connectivity index (χ1n) is 16.7. The van der Waals surface area contributed by atoms with Crippen LogP contribution < -0.4 is 5.48 Å². The summed E-state index contributed by atoms with van der Waals surface area (Å²) in [6.45, 7) is 12.0. The van der Waals surface area contributed by atoms with Gasteiger partial charge in [0.15, 0.2) is 0 Å². The van der Waals surface area contributed by atoms with E-state index in [2.05, 4.69) is 76.5 Å². The van der Waals surface area contributed by atoms with E-state index in [0.29, 0.717) is 5.56 Å². The maximum atomic E-state index is 13.5. The molecule has 1 N–H and O–H groups in total. The first-order valence-corrected chi connectivity index (χ1v) is 24.1. The molecule has 2 aromatic carbocycles. The van der Waals surface area contributed by atoms with Crippen LogP contribution in [0, 0.1) is 10.8 Å². The summed E-state index contributed by atoms with van der Waals surface area (Å²) in [5, 5.41) is 0. The molecule has 4 heteroatoms. The molecular formula is C37H55NO2Sn. The third kappa shape index (κ3) is 6.23. The van der Waals surface area contributed by atoms with Gasteiger partial charge in [-0.15, -0.1) is 0 Å². The molecule has 0 bridgehead atoms. The molecule has 1 saturated carbocycles. The van der Waals surface area contributed by atoms with Crippen LogP contribution in [0.15, 0.2) is 70.3 Å². The molecule has 0 aliphatic heterocycles. The van der Waals surface area contributed by atoms with Crippen LogP contribution in [-0.2, 0) is 10.4 Å². The van der Waals surface area contributed by atoms with E-state index in [-0.39, 0.29) is 16.8 Å². The summed E-state index contributed by atoms with van der Waals surface area (Å²) in [5.41, 5.74) is 4.76. The van der Waals surface area contributed by atoms with Gasteiger partial charge in [-0.2, -0.15) is 0 Å². The Bertz CT molecular complexity index is 1110. The monoisotopic (exact) mass is 665 g/mol. The molecule has 2 aliphatic carbocycles. The van der Waals surface area contributed by atoms with E-state index in [9.17, 15) is 4.79 Å². The van der Waals surface area contributed by atoms with Crippen LogP contribution in [0.3, 0.4) is 0 Å². The van der Waals surface area contributed by atoms with E-state index < -0.39 is 23.9 Å². The van der Waals surface area contributed by atoms with Crippen LogP contribution in [0.2, 0.25) is 13.3 Å². The summed E-state index contributed by atoms with van der Waals surface area (Å²) in [5.74, 6) is -0.297. The number of rotatable bonds is 14. The third-order valence-electron chi connectivity index (χ3n) is 10.5. The van der Waals surface area contributed by atoms with Crippen molar-refractivity contribution in [2.75, 3.05) is 0 Å². The zero-order chi connectivity index (χ0) is 29.4. The summed E-state index contributed by atoms with van der Waals surface area (Å²) in [6.07, 6.45) is 16.8. The number of carbonyl (C=O) groups is 1. The average Bonchev–Trinajstić information content (AvgIpc) is 3.20. The number of hydroxylamine groups is 1. The fraction of sp³-hybridized carbons (Fsp3) is 0.595. The normalized spacial score (nSPS) is 21.5. The molecular weight excluding hydrogens is 609 g/mol. The molecule has 1 atom stereocenters. The van der Waals surface area contributed by atoms with Crippen molar-refractivity contribution in [1.29, 1.82) is 0 Å². The van der Waals surface area contributed by atoms with Crippen LogP contribution in [0.1, 0.15) is 121 Å². The van der Waals surface area contributed by atoms with Crippen LogP contribution in [-0.4, -0.2) is 24.3 Å². The zero-order valence-corrected chi connectivity index (χ0v) is 29.4. The quantitative estimate of drug-likeness (QED) is 0.161. The van der Waals surface area contributed by atoms with Gasteiger partial charge in [0.2, 0.25) is 0 Å². The van der Waals surface area contributed by atoms with Crippen LogP contribution in [0.4, 0.5) is 0 Å². The van der Waals surface area contributed by atoms with Gasteiger partial charge >= 0.3 is 256 Å². The van der Waals surface area contributed by atoms with Gasteiger partial charge in [0.05, 0.1) is 0 Å². The second-order valence-corrected chi connectivity index (χ2v) is 26.6. The molecule has 1 spiro atoms. The SMILES string of the molecule is CCC[CH2][Sn]([CH2]CCC)([CH2]CCC)[C]1=CC(C)(C)C(NOC(=O)c2ccccc2)(c2ccccc2)C12CCCCC2. The van der Waals surface area contributed by atoms with E-state index in [0.717, 1.165) is 0 Å². The summed E-state index contributed by atoms with van der Waals surface area (Å²) in [4.78, 5) is 19.7. The number of nitrogens with one attached hydrogen (secondary N) is 1. The molecule has 3 nitrogen and oxygen atoms in total. The molecule has 2 aromatic rings. The Balaban J connectivity index is 1.92. The van der Waals surface area contributed by atoms with E-state index in [1.165, 1.54) is 89.5 Å². The van der Waals surface area contributed by atoms with Gasteiger partial charge in [-0.05, 0) is 0 Å². The molecule has 0 heterocycles. The van der Waals surface area contributed by atoms with Crippen LogP contribution in [0.25, 0.3) is 0 Å². The van der Waals surface area contributed by atoms with E-state index in [1.54, 1.807) is 0 Å². The molecule has 2 aliphatic rings. The minimum absolute atomic E-state index is 0.0294. The maximum absolute atomic E-state index is 13.5.